The Bertz CT molecular complexity index is 999. The quantitative estimate of drug-likeness (QED) is 0.563. The molecule has 6 heteroatoms. The summed E-state index contributed by atoms with van der Waals surface area (Å²) in [4.78, 5) is 11.1. The van der Waals surface area contributed by atoms with Gasteiger partial charge in [-0.3, -0.25) is 4.90 Å². The van der Waals surface area contributed by atoms with Crippen molar-refractivity contribution in [3.63, 3.8) is 0 Å². The summed E-state index contributed by atoms with van der Waals surface area (Å²) in [5.74, 6) is 0.864. The number of hydrogen-bond acceptors (Lipinski definition) is 4. The summed E-state index contributed by atoms with van der Waals surface area (Å²) >= 11 is 12.5. The standard InChI is InChI=1S/C23H21Cl2N3O/c24-17-12-16(13-18(25)14-17)22-19-4-1-2-5-20(19)23(29-22)6-10-28(11-7-23)15-21-26-8-3-9-27-21/h1-5,8-9,12-14,22H,6-7,10-11,15H2. The summed E-state index contributed by atoms with van der Waals surface area (Å²) in [5, 5.41) is 1.26. The van der Waals surface area contributed by atoms with Gasteiger partial charge >= 0.3 is 0 Å². The van der Waals surface area contributed by atoms with E-state index < -0.39 is 0 Å². The zero-order chi connectivity index (χ0) is 19.8. The minimum atomic E-state index is -0.274. The van der Waals surface area contributed by atoms with Crippen LogP contribution in [0, 0.1) is 0 Å². The van der Waals surface area contributed by atoms with E-state index in [1.165, 1.54) is 11.1 Å². The second-order valence-corrected chi connectivity index (χ2v) is 8.60. The fourth-order valence-corrected chi connectivity index (χ4v) is 5.08. The lowest BCUT2D eigenvalue weighted by molar-refractivity contribution is -0.0980. The molecule has 1 aromatic heterocycles. The molecule has 2 aliphatic rings. The SMILES string of the molecule is Clc1cc(Cl)cc(C2OC3(CCN(Cc4ncccn4)CC3)c3ccccc32)c1. The highest BCUT2D eigenvalue weighted by Crippen LogP contribution is 2.51. The Morgan fingerprint density at radius 3 is 2.38 bits per heavy atom. The fraction of sp³-hybridized carbons (Fsp3) is 0.304. The summed E-state index contributed by atoms with van der Waals surface area (Å²) < 4.78 is 6.78. The van der Waals surface area contributed by atoms with Crippen LogP contribution >= 0.6 is 23.2 Å². The topological polar surface area (TPSA) is 38.2 Å². The van der Waals surface area contributed by atoms with Gasteiger partial charge in [-0.2, -0.15) is 0 Å². The molecule has 1 saturated heterocycles. The number of benzene rings is 2. The van der Waals surface area contributed by atoms with E-state index in [-0.39, 0.29) is 11.7 Å². The van der Waals surface area contributed by atoms with Gasteiger partial charge in [0.2, 0.25) is 0 Å². The molecule has 0 saturated carbocycles. The monoisotopic (exact) mass is 425 g/mol. The van der Waals surface area contributed by atoms with Crippen molar-refractivity contribution in [3.05, 3.63) is 93.5 Å². The van der Waals surface area contributed by atoms with E-state index in [0.717, 1.165) is 43.9 Å². The van der Waals surface area contributed by atoms with E-state index in [2.05, 4.69) is 39.1 Å². The molecule has 2 aliphatic heterocycles. The van der Waals surface area contributed by atoms with E-state index in [9.17, 15) is 0 Å². The predicted molar refractivity (Wildman–Crippen MR) is 114 cm³/mol. The van der Waals surface area contributed by atoms with E-state index in [1.54, 1.807) is 18.5 Å². The number of likely N-dealkylation sites (tertiary alicyclic amines) is 1. The van der Waals surface area contributed by atoms with Crippen molar-refractivity contribution in [1.82, 2.24) is 14.9 Å². The first kappa shape index (κ1) is 19.0. The Morgan fingerprint density at radius 2 is 1.66 bits per heavy atom. The molecule has 0 radical (unpaired) electrons. The van der Waals surface area contributed by atoms with E-state index in [1.807, 2.05) is 18.2 Å². The summed E-state index contributed by atoms with van der Waals surface area (Å²) in [6.07, 6.45) is 5.31. The number of ether oxygens (including phenoxy) is 1. The number of aromatic nitrogens is 2. The number of hydrogen-bond donors (Lipinski definition) is 0. The van der Waals surface area contributed by atoms with Crippen molar-refractivity contribution < 1.29 is 4.74 Å². The van der Waals surface area contributed by atoms with Crippen LogP contribution in [0.1, 0.15) is 41.5 Å². The number of rotatable bonds is 3. The van der Waals surface area contributed by atoms with Gasteiger partial charge < -0.3 is 4.74 Å². The van der Waals surface area contributed by atoms with E-state index in [4.69, 9.17) is 27.9 Å². The third-order valence-electron chi connectivity index (χ3n) is 5.91. The predicted octanol–water partition coefficient (Wildman–Crippen LogP) is 5.39. The maximum Gasteiger partial charge on any atom is 0.142 e. The summed E-state index contributed by atoms with van der Waals surface area (Å²) in [5.41, 5.74) is 3.23. The van der Waals surface area contributed by atoms with Crippen LogP contribution < -0.4 is 0 Å². The molecule has 0 amide bonds. The zero-order valence-electron chi connectivity index (χ0n) is 15.9. The largest absolute Gasteiger partial charge is 0.358 e. The van der Waals surface area contributed by atoms with Crippen LogP contribution in [0.3, 0.4) is 0 Å². The molecule has 0 aliphatic carbocycles. The van der Waals surface area contributed by atoms with Crippen LogP contribution in [0.15, 0.2) is 60.9 Å². The fourth-order valence-electron chi connectivity index (χ4n) is 4.54. The van der Waals surface area contributed by atoms with Gasteiger partial charge in [0.15, 0.2) is 0 Å². The Hall–Kier alpha value is -1.98. The van der Waals surface area contributed by atoms with Gasteiger partial charge in [-0.15, -0.1) is 0 Å². The van der Waals surface area contributed by atoms with Crippen molar-refractivity contribution in [1.29, 1.82) is 0 Å². The maximum absolute atomic E-state index is 6.78. The third kappa shape index (κ3) is 3.66. The van der Waals surface area contributed by atoms with Gasteiger partial charge in [-0.1, -0.05) is 47.5 Å². The molecule has 1 atom stereocenters. The molecular formula is C23H21Cl2N3O. The highest BCUT2D eigenvalue weighted by Gasteiger charge is 2.47. The van der Waals surface area contributed by atoms with Crippen molar-refractivity contribution in [2.45, 2.75) is 31.1 Å². The Labute approximate surface area is 180 Å². The lowest BCUT2D eigenvalue weighted by atomic mass is 9.83. The smallest absolute Gasteiger partial charge is 0.142 e. The molecule has 1 fully saturated rings. The van der Waals surface area contributed by atoms with Gasteiger partial charge in [0.1, 0.15) is 11.9 Å². The molecule has 0 N–H and O–H groups in total. The Morgan fingerprint density at radius 1 is 0.966 bits per heavy atom. The van der Waals surface area contributed by atoms with Crippen LogP contribution in [0.2, 0.25) is 10.0 Å². The number of nitrogens with zero attached hydrogens (tertiary/aromatic N) is 3. The van der Waals surface area contributed by atoms with Crippen LogP contribution in [-0.4, -0.2) is 28.0 Å². The van der Waals surface area contributed by atoms with Crippen LogP contribution in [0.5, 0.6) is 0 Å². The Kier molecular flexibility index (Phi) is 5.04. The first-order chi connectivity index (χ1) is 14.1. The van der Waals surface area contributed by atoms with Gasteiger partial charge in [0.25, 0.3) is 0 Å². The molecule has 0 bridgehead atoms. The minimum Gasteiger partial charge on any atom is -0.358 e. The third-order valence-corrected chi connectivity index (χ3v) is 6.35. The lowest BCUT2D eigenvalue weighted by Gasteiger charge is -2.39. The van der Waals surface area contributed by atoms with Gasteiger partial charge in [-0.25, -0.2) is 9.97 Å². The van der Waals surface area contributed by atoms with E-state index in [0.29, 0.717) is 10.0 Å². The average Bonchev–Trinajstić information content (AvgIpc) is 3.05. The molecule has 5 rings (SSSR count). The van der Waals surface area contributed by atoms with Gasteiger partial charge in [0, 0.05) is 35.5 Å². The van der Waals surface area contributed by atoms with E-state index >= 15 is 0 Å². The number of piperidine rings is 1. The number of fused-ring (bicyclic) bond motifs is 2. The normalized spacial score (nSPS) is 20.7. The second kappa shape index (κ2) is 7.69. The molecule has 29 heavy (non-hydrogen) atoms. The highest BCUT2D eigenvalue weighted by molar-refractivity contribution is 6.34. The van der Waals surface area contributed by atoms with Crippen LogP contribution in [-0.2, 0) is 16.9 Å². The lowest BCUT2D eigenvalue weighted by Crippen LogP contribution is -2.42. The maximum atomic E-state index is 6.78. The molecule has 148 valence electrons. The van der Waals surface area contributed by atoms with Gasteiger partial charge in [0.05, 0.1) is 12.1 Å². The van der Waals surface area contributed by atoms with Crippen LogP contribution in [0.25, 0.3) is 0 Å². The molecule has 3 aromatic rings. The number of halogens is 2. The summed E-state index contributed by atoms with van der Waals surface area (Å²) in [6.45, 7) is 2.65. The molecule has 1 unspecified atom stereocenters. The minimum absolute atomic E-state index is 0.147. The summed E-state index contributed by atoms with van der Waals surface area (Å²) in [6, 6.07) is 16.0. The highest BCUT2D eigenvalue weighted by atomic mass is 35.5. The van der Waals surface area contributed by atoms with Crippen molar-refractivity contribution in [3.8, 4) is 0 Å². The zero-order valence-corrected chi connectivity index (χ0v) is 17.4. The molecule has 1 spiro atoms. The summed E-state index contributed by atoms with van der Waals surface area (Å²) in [7, 11) is 0. The van der Waals surface area contributed by atoms with Crippen molar-refractivity contribution in [2.75, 3.05) is 13.1 Å². The average molecular weight is 426 g/mol. The first-order valence-electron chi connectivity index (χ1n) is 9.84. The molecular weight excluding hydrogens is 405 g/mol. The molecule has 3 heterocycles. The second-order valence-electron chi connectivity index (χ2n) is 7.72. The van der Waals surface area contributed by atoms with Crippen molar-refractivity contribution in [2.24, 2.45) is 0 Å². The first-order valence-corrected chi connectivity index (χ1v) is 10.6. The van der Waals surface area contributed by atoms with Crippen molar-refractivity contribution >= 4 is 23.2 Å². The van der Waals surface area contributed by atoms with Gasteiger partial charge in [-0.05, 0) is 53.8 Å². The molecule has 4 nitrogen and oxygen atoms in total. The Balaban J connectivity index is 1.40. The van der Waals surface area contributed by atoms with Crippen LogP contribution in [0.4, 0.5) is 0 Å². The molecule has 2 aromatic carbocycles.